The normalized spacial score (nSPS) is 12.3. The Morgan fingerprint density at radius 3 is 2.30 bits per heavy atom. The molecule has 0 aliphatic heterocycles. The van der Waals surface area contributed by atoms with Crippen molar-refractivity contribution in [2.75, 3.05) is 5.32 Å². The standard InChI is InChI=1S/C15H13Br2F2N/c1-8-6-11(16)15(12(17)7-8)20-9(2)10-4-3-5-13(18)14(10)19/h3-7,9,20H,1-2H3. The van der Waals surface area contributed by atoms with Gasteiger partial charge in [-0.25, -0.2) is 8.78 Å². The predicted molar refractivity (Wildman–Crippen MR) is 85.0 cm³/mol. The van der Waals surface area contributed by atoms with E-state index < -0.39 is 11.6 Å². The summed E-state index contributed by atoms with van der Waals surface area (Å²) < 4.78 is 28.8. The minimum Gasteiger partial charge on any atom is -0.377 e. The summed E-state index contributed by atoms with van der Waals surface area (Å²) in [7, 11) is 0. The van der Waals surface area contributed by atoms with Crippen molar-refractivity contribution in [2.24, 2.45) is 0 Å². The van der Waals surface area contributed by atoms with E-state index in [-0.39, 0.29) is 6.04 Å². The summed E-state index contributed by atoms with van der Waals surface area (Å²) in [6, 6.07) is 7.75. The zero-order chi connectivity index (χ0) is 14.9. The molecule has 1 nitrogen and oxygen atoms in total. The molecule has 1 N–H and O–H groups in total. The fourth-order valence-corrected chi connectivity index (χ4v) is 3.63. The van der Waals surface area contributed by atoms with Crippen LogP contribution < -0.4 is 5.32 Å². The Hall–Kier alpha value is -0.940. The Labute approximate surface area is 133 Å². The molecule has 0 spiro atoms. The van der Waals surface area contributed by atoms with E-state index in [9.17, 15) is 8.78 Å². The predicted octanol–water partition coefficient (Wildman–Crippen LogP) is 5.97. The first-order valence-electron chi connectivity index (χ1n) is 6.06. The second-order valence-electron chi connectivity index (χ2n) is 4.61. The van der Waals surface area contributed by atoms with Crippen molar-refractivity contribution >= 4 is 37.5 Å². The Kier molecular flexibility index (Phi) is 4.81. The van der Waals surface area contributed by atoms with Crippen LogP contribution in [0.15, 0.2) is 39.3 Å². The van der Waals surface area contributed by atoms with Crippen LogP contribution in [0.4, 0.5) is 14.5 Å². The number of nitrogens with one attached hydrogen (secondary N) is 1. The molecular formula is C15H13Br2F2N. The van der Waals surface area contributed by atoms with E-state index in [0.717, 1.165) is 26.3 Å². The summed E-state index contributed by atoms with van der Waals surface area (Å²) in [5, 5.41) is 3.19. The van der Waals surface area contributed by atoms with Crippen molar-refractivity contribution in [2.45, 2.75) is 19.9 Å². The van der Waals surface area contributed by atoms with Crippen LogP contribution in [0.2, 0.25) is 0 Å². The van der Waals surface area contributed by atoms with Gasteiger partial charge in [0.25, 0.3) is 0 Å². The lowest BCUT2D eigenvalue weighted by Crippen LogP contribution is -2.10. The SMILES string of the molecule is Cc1cc(Br)c(NC(C)c2cccc(F)c2F)c(Br)c1. The molecule has 0 fully saturated rings. The Balaban J connectivity index is 2.33. The molecule has 2 rings (SSSR count). The number of hydrogen-bond acceptors (Lipinski definition) is 1. The smallest absolute Gasteiger partial charge is 0.164 e. The maximum Gasteiger partial charge on any atom is 0.164 e. The molecule has 2 aromatic carbocycles. The van der Waals surface area contributed by atoms with Crippen LogP contribution in [-0.2, 0) is 0 Å². The van der Waals surface area contributed by atoms with Gasteiger partial charge < -0.3 is 5.32 Å². The van der Waals surface area contributed by atoms with Gasteiger partial charge in [0, 0.05) is 14.5 Å². The third-order valence-electron chi connectivity index (χ3n) is 3.00. The number of anilines is 1. The fourth-order valence-electron chi connectivity index (χ4n) is 1.99. The van der Waals surface area contributed by atoms with Gasteiger partial charge in [-0.15, -0.1) is 0 Å². The number of rotatable bonds is 3. The first-order valence-corrected chi connectivity index (χ1v) is 7.65. The highest BCUT2D eigenvalue weighted by atomic mass is 79.9. The lowest BCUT2D eigenvalue weighted by atomic mass is 10.1. The Bertz CT molecular complexity index is 621. The van der Waals surface area contributed by atoms with Gasteiger partial charge in [-0.1, -0.05) is 12.1 Å². The minimum absolute atomic E-state index is 0.296. The first-order chi connectivity index (χ1) is 9.40. The molecule has 20 heavy (non-hydrogen) atoms. The van der Waals surface area contributed by atoms with E-state index in [2.05, 4.69) is 37.2 Å². The van der Waals surface area contributed by atoms with E-state index in [0.29, 0.717) is 5.56 Å². The molecule has 0 amide bonds. The highest BCUT2D eigenvalue weighted by Gasteiger charge is 2.16. The summed E-state index contributed by atoms with van der Waals surface area (Å²) in [6.45, 7) is 3.77. The van der Waals surface area contributed by atoms with Gasteiger partial charge in [-0.3, -0.25) is 0 Å². The topological polar surface area (TPSA) is 12.0 Å². The van der Waals surface area contributed by atoms with Crippen molar-refractivity contribution in [1.82, 2.24) is 0 Å². The van der Waals surface area contributed by atoms with Crippen LogP contribution >= 0.6 is 31.9 Å². The maximum atomic E-state index is 13.8. The van der Waals surface area contributed by atoms with Crippen LogP contribution in [0, 0.1) is 18.6 Å². The average molecular weight is 405 g/mol. The van der Waals surface area contributed by atoms with Crippen LogP contribution in [0.25, 0.3) is 0 Å². The molecule has 0 bridgehead atoms. The van der Waals surface area contributed by atoms with Gasteiger partial charge in [0.05, 0.1) is 11.7 Å². The van der Waals surface area contributed by atoms with Crippen LogP contribution in [0.1, 0.15) is 24.1 Å². The monoisotopic (exact) mass is 403 g/mol. The molecule has 0 heterocycles. The molecule has 0 saturated carbocycles. The van der Waals surface area contributed by atoms with Gasteiger partial charge >= 0.3 is 0 Å². The Morgan fingerprint density at radius 2 is 1.70 bits per heavy atom. The van der Waals surface area contributed by atoms with Crippen molar-refractivity contribution in [3.05, 3.63) is 62.0 Å². The number of halogens is 4. The van der Waals surface area contributed by atoms with Gasteiger partial charge in [0.15, 0.2) is 11.6 Å². The molecule has 0 radical (unpaired) electrons. The molecule has 0 aliphatic carbocycles. The summed E-state index contributed by atoms with van der Waals surface area (Å²) in [4.78, 5) is 0. The molecule has 0 saturated heterocycles. The quantitative estimate of drug-likeness (QED) is 0.664. The van der Waals surface area contributed by atoms with Crippen molar-refractivity contribution in [1.29, 1.82) is 0 Å². The van der Waals surface area contributed by atoms with Crippen LogP contribution in [-0.4, -0.2) is 0 Å². The lowest BCUT2D eigenvalue weighted by molar-refractivity contribution is 0.494. The molecule has 1 unspecified atom stereocenters. The zero-order valence-corrected chi connectivity index (χ0v) is 14.1. The molecule has 106 valence electrons. The van der Waals surface area contributed by atoms with Gasteiger partial charge in [-0.2, -0.15) is 0 Å². The number of hydrogen-bond donors (Lipinski definition) is 1. The molecule has 0 aromatic heterocycles. The summed E-state index contributed by atoms with van der Waals surface area (Å²) >= 11 is 6.94. The third kappa shape index (κ3) is 3.20. The van der Waals surface area contributed by atoms with Crippen molar-refractivity contribution < 1.29 is 8.78 Å². The minimum atomic E-state index is -0.835. The number of benzene rings is 2. The van der Waals surface area contributed by atoms with Crippen molar-refractivity contribution in [3.8, 4) is 0 Å². The highest BCUT2D eigenvalue weighted by Crippen LogP contribution is 2.35. The molecule has 0 aliphatic rings. The van der Waals surface area contributed by atoms with Crippen LogP contribution in [0.3, 0.4) is 0 Å². The zero-order valence-electron chi connectivity index (χ0n) is 11.0. The molecule has 1 atom stereocenters. The highest BCUT2D eigenvalue weighted by molar-refractivity contribution is 9.11. The maximum absolute atomic E-state index is 13.8. The lowest BCUT2D eigenvalue weighted by Gasteiger charge is -2.19. The number of aryl methyl sites for hydroxylation is 1. The molecule has 2 aromatic rings. The van der Waals surface area contributed by atoms with E-state index >= 15 is 0 Å². The second-order valence-corrected chi connectivity index (χ2v) is 6.32. The van der Waals surface area contributed by atoms with Gasteiger partial charge in [0.1, 0.15) is 0 Å². The van der Waals surface area contributed by atoms with Gasteiger partial charge in [0.2, 0.25) is 0 Å². The second kappa shape index (κ2) is 6.22. The fraction of sp³-hybridized carbons (Fsp3) is 0.200. The van der Waals surface area contributed by atoms with E-state index in [4.69, 9.17) is 0 Å². The Morgan fingerprint density at radius 1 is 1.10 bits per heavy atom. The van der Waals surface area contributed by atoms with E-state index in [1.807, 2.05) is 19.1 Å². The largest absolute Gasteiger partial charge is 0.377 e. The van der Waals surface area contributed by atoms with Crippen LogP contribution in [0.5, 0.6) is 0 Å². The van der Waals surface area contributed by atoms with E-state index in [1.54, 1.807) is 13.0 Å². The van der Waals surface area contributed by atoms with E-state index in [1.165, 1.54) is 6.07 Å². The van der Waals surface area contributed by atoms with Crippen molar-refractivity contribution in [3.63, 3.8) is 0 Å². The average Bonchev–Trinajstić information content (AvgIpc) is 2.36. The van der Waals surface area contributed by atoms with Gasteiger partial charge in [-0.05, 0) is 69.5 Å². The summed E-state index contributed by atoms with van der Waals surface area (Å²) in [5.41, 5.74) is 2.20. The third-order valence-corrected chi connectivity index (χ3v) is 4.25. The summed E-state index contributed by atoms with van der Waals surface area (Å²) in [6.07, 6.45) is 0. The summed E-state index contributed by atoms with van der Waals surface area (Å²) in [5.74, 6) is -1.65. The first kappa shape index (κ1) is 15.4. The molecule has 5 heteroatoms. The molecular weight excluding hydrogens is 392 g/mol.